The van der Waals surface area contributed by atoms with Gasteiger partial charge in [-0.15, -0.1) is 11.3 Å². The summed E-state index contributed by atoms with van der Waals surface area (Å²) in [6.07, 6.45) is -1.37. The molecule has 3 heterocycles. The van der Waals surface area contributed by atoms with E-state index in [1.54, 1.807) is 5.38 Å². The summed E-state index contributed by atoms with van der Waals surface area (Å²) >= 11 is 6.86. The monoisotopic (exact) mass is 572 g/mol. The third-order valence-electron chi connectivity index (χ3n) is 5.87. The van der Waals surface area contributed by atoms with Gasteiger partial charge in [0.2, 0.25) is 11.8 Å². The van der Waals surface area contributed by atoms with E-state index in [2.05, 4.69) is 15.4 Å². The first-order valence-corrected chi connectivity index (χ1v) is 12.7. The highest BCUT2D eigenvalue weighted by molar-refractivity contribution is 7.12. The number of thiophene rings is 1. The molecule has 2 saturated heterocycles. The summed E-state index contributed by atoms with van der Waals surface area (Å²) in [7, 11) is 1.11. The van der Waals surface area contributed by atoms with Gasteiger partial charge >= 0.3 is 18.0 Å². The van der Waals surface area contributed by atoms with Crippen molar-refractivity contribution in [3.05, 3.63) is 21.3 Å². The topological polar surface area (TPSA) is 189 Å². The third kappa shape index (κ3) is 6.77. The molecule has 3 unspecified atom stereocenters. The van der Waals surface area contributed by atoms with Crippen molar-refractivity contribution in [1.82, 2.24) is 20.7 Å². The number of hydrazine groups is 1. The summed E-state index contributed by atoms with van der Waals surface area (Å²) in [6, 6.07) is -2.55. The molecule has 38 heavy (non-hydrogen) atoms. The molecule has 2 aliphatic rings. The molecule has 14 nitrogen and oxygen atoms in total. The molecule has 206 valence electrons. The number of ketones is 1. The number of halogens is 1. The van der Waals surface area contributed by atoms with Gasteiger partial charge in [-0.05, 0) is 30.7 Å². The van der Waals surface area contributed by atoms with Crippen LogP contribution in [-0.2, 0) is 33.4 Å². The summed E-state index contributed by atoms with van der Waals surface area (Å²) in [4.78, 5) is 87.2. The molecule has 0 saturated carbocycles. The Morgan fingerprint density at radius 2 is 1.97 bits per heavy atom. The number of carbonyl (C=O) groups is 7. The average molecular weight is 573 g/mol. The Morgan fingerprint density at radius 3 is 2.61 bits per heavy atom. The molecule has 16 heteroatoms. The molecule has 3 atom stereocenters. The molecule has 2 aliphatic heterocycles. The normalized spacial score (nSPS) is 20.1. The summed E-state index contributed by atoms with van der Waals surface area (Å²) in [6.45, 7) is -0.688. The predicted octanol–water partition coefficient (Wildman–Crippen LogP) is 0.340. The van der Waals surface area contributed by atoms with E-state index in [4.69, 9.17) is 16.3 Å². The molecular formula is C22H25ClN4O10S. The second-order valence-corrected chi connectivity index (χ2v) is 9.71. The highest BCUT2D eigenvalue weighted by Gasteiger charge is 2.45. The van der Waals surface area contributed by atoms with Crippen LogP contribution >= 0.6 is 22.9 Å². The van der Waals surface area contributed by atoms with Gasteiger partial charge in [-0.25, -0.2) is 14.6 Å². The molecule has 3 N–H and O–H groups in total. The number of carbonyl (C=O) groups excluding carboxylic acids is 6. The van der Waals surface area contributed by atoms with Crippen LogP contribution in [0.15, 0.2) is 11.4 Å². The number of Topliss-reactive ketones (excluding diaryl/α,β-unsaturated/α-hetero) is 1. The van der Waals surface area contributed by atoms with Gasteiger partial charge in [0.15, 0.2) is 12.4 Å². The van der Waals surface area contributed by atoms with Crippen molar-refractivity contribution in [2.75, 3.05) is 20.3 Å². The number of hydrogen-bond acceptors (Lipinski definition) is 10. The first-order valence-electron chi connectivity index (χ1n) is 11.5. The van der Waals surface area contributed by atoms with Crippen LogP contribution in [0.4, 0.5) is 4.79 Å². The zero-order valence-electron chi connectivity index (χ0n) is 20.1. The van der Waals surface area contributed by atoms with Crippen LogP contribution in [0.3, 0.4) is 0 Å². The number of hydrogen-bond donors (Lipinski definition) is 3. The molecule has 0 aliphatic carbocycles. The summed E-state index contributed by atoms with van der Waals surface area (Å²) in [5.41, 5.74) is 0. The number of alkyl carbamates (subject to hydrolysis) is 1. The van der Waals surface area contributed by atoms with E-state index in [9.17, 15) is 38.7 Å². The quantitative estimate of drug-likeness (QED) is 0.348. The Kier molecular flexibility index (Phi) is 9.63. The number of methoxy groups -OCH3 is 1. The molecule has 3 rings (SSSR count). The Hall–Kier alpha value is -3.72. The standard InChI is InChI=1S/C22H25ClN4O10S/c1-36-22(35)25-12-4-5-16(29)26-7-2-3-14(27(26)20(12)33)19(32)24-13(9-17(30)31)15(28)10-37-21(34)18-11(23)6-8-38-18/h6,8,12-14H,2-5,7,9-10H2,1H3,(H,24,32)(H,25,35)(H,30,31). The number of amides is 4. The van der Waals surface area contributed by atoms with Gasteiger partial charge in [-0.3, -0.25) is 29.0 Å². The van der Waals surface area contributed by atoms with E-state index < -0.39 is 72.7 Å². The first-order chi connectivity index (χ1) is 18.0. The van der Waals surface area contributed by atoms with Crippen molar-refractivity contribution < 1.29 is 48.1 Å². The number of esters is 1. The van der Waals surface area contributed by atoms with Crippen molar-refractivity contribution in [3.8, 4) is 0 Å². The maximum Gasteiger partial charge on any atom is 0.407 e. The van der Waals surface area contributed by atoms with Gasteiger partial charge in [-0.1, -0.05) is 11.6 Å². The fraction of sp³-hybridized carbons (Fsp3) is 0.500. The van der Waals surface area contributed by atoms with Crippen LogP contribution in [0.5, 0.6) is 0 Å². The zero-order valence-corrected chi connectivity index (χ0v) is 21.7. The summed E-state index contributed by atoms with van der Waals surface area (Å²) in [5.74, 6) is -5.27. The number of aliphatic carboxylic acids is 1. The number of carboxylic acids is 1. The summed E-state index contributed by atoms with van der Waals surface area (Å²) < 4.78 is 9.47. The van der Waals surface area contributed by atoms with Crippen LogP contribution in [0.1, 0.15) is 41.8 Å². The molecule has 0 spiro atoms. The SMILES string of the molecule is COC(=O)NC1CCC(=O)N2CCCC(C(=O)NC(CC(=O)O)C(=O)COC(=O)c3sccc3Cl)N2C1=O. The fourth-order valence-electron chi connectivity index (χ4n) is 4.04. The highest BCUT2D eigenvalue weighted by Crippen LogP contribution is 2.25. The molecular weight excluding hydrogens is 548 g/mol. The largest absolute Gasteiger partial charge is 0.481 e. The maximum atomic E-state index is 13.3. The number of nitrogens with zero attached hydrogens (tertiary/aromatic N) is 2. The lowest BCUT2D eigenvalue weighted by molar-refractivity contribution is -0.176. The number of rotatable bonds is 9. The van der Waals surface area contributed by atoms with Crippen molar-refractivity contribution in [2.24, 2.45) is 0 Å². The van der Waals surface area contributed by atoms with E-state index in [1.165, 1.54) is 6.07 Å². The third-order valence-corrected chi connectivity index (χ3v) is 7.20. The Bertz CT molecular complexity index is 1140. The second-order valence-electron chi connectivity index (χ2n) is 8.38. The minimum Gasteiger partial charge on any atom is -0.481 e. The second kappa shape index (κ2) is 12.7. The minimum absolute atomic E-state index is 0.0200. The van der Waals surface area contributed by atoms with E-state index >= 15 is 0 Å². The minimum atomic E-state index is -1.59. The molecule has 0 bridgehead atoms. The summed E-state index contributed by atoms with van der Waals surface area (Å²) in [5, 5.41) is 17.7. The highest BCUT2D eigenvalue weighted by atomic mass is 35.5. The lowest BCUT2D eigenvalue weighted by Crippen LogP contribution is -2.64. The molecule has 0 radical (unpaired) electrons. The van der Waals surface area contributed by atoms with Crippen molar-refractivity contribution >= 4 is 64.5 Å². The van der Waals surface area contributed by atoms with Crippen molar-refractivity contribution in [1.29, 1.82) is 0 Å². The van der Waals surface area contributed by atoms with Gasteiger partial charge in [-0.2, -0.15) is 0 Å². The average Bonchev–Trinajstić information content (AvgIpc) is 3.28. The molecule has 0 aromatic carbocycles. The molecule has 1 aromatic rings. The fourth-order valence-corrected chi connectivity index (χ4v) is 5.06. The van der Waals surface area contributed by atoms with Crippen LogP contribution in [0.2, 0.25) is 5.02 Å². The Balaban J connectivity index is 1.75. The van der Waals surface area contributed by atoms with Crippen LogP contribution in [0, 0.1) is 0 Å². The smallest absolute Gasteiger partial charge is 0.407 e. The van der Waals surface area contributed by atoms with E-state index in [1.807, 2.05) is 0 Å². The Labute approximate surface area is 225 Å². The van der Waals surface area contributed by atoms with Crippen LogP contribution < -0.4 is 10.6 Å². The van der Waals surface area contributed by atoms with Crippen LogP contribution in [0.25, 0.3) is 0 Å². The molecule has 4 amide bonds. The van der Waals surface area contributed by atoms with Gasteiger partial charge in [0.1, 0.15) is 23.0 Å². The van der Waals surface area contributed by atoms with Crippen LogP contribution in [-0.4, -0.2) is 95.0 Å². The van der Waals surface area contributed by atoms with Gasteiger partial charge in [0.25, 0.3) is 5.91 Å². The number of fused-ring (bicyclic) bond motifs is 1. The van der Waals surface area contributed by atoms with E-state index in [-0.39, 0.29) is 35.7 Å². The van der Waals surface area contributed by atoms with Gasteiger partial charge < -0.3 is 25.2 Å². The van der Waals surface area contributed by atoms with Gasteiger partial charge in [0, 0.05) is 13.0 Å². The van der Waals surface area contributed by atoms with Gasteiger partial charge in [0.05, 0.1) is 18.6 Å². The van der Waals surface area contributed by atoms with Crippen molar-refractivity contribution in [2.45, 2.75) is 50.2 Å². The molecule has 1 aromatic heterocycles. The number of ether oxygens (including phenoxy) is 2. The molecule has 2 fully saturated rings. The van der Waals surface area contributed by atoms with E-state index in [0.717, 1.165) is 28.5 Å². The lowest BCUT2D eigenvalue weighted by Gasteiger charge is -2.43. The van der Waals surface area contributed by atoms with Crippen molar-refractivity contribution in [3.63, 3.8) is 0 Å². The predicted molar refractivity (Wildman–Crippen MR) is 129 cm³/mol. The zero-order chi connectivity index (χ0) is 28.0. The Morgan fingerprint density at radius 1 is 1.24 bits per heavy atom. The number of nitrogens with one attached hydrogen (secondary N) is 2. The number of carboxylic acid groups (broad SMARTS) is 1. The first kappa shape index (κ1) is 28.8. The van der Waals surface area contributed by atoms with E-state index in [0.29, 0.717) is 6.42 Å². The lowest BCUT2D eigenvalue weighted by atomic mass is 10.0. The maximum absolute atomic E-state index is 13.3.